The minimum Gasteiger partial charge on any atom is -1.00 e. The van der Waals surface area contributed by atoms with Gasteiger partial charge in [0.2, 0.25) is 0 Å². The molecule has 1 aliphatic rings. The van der Waals surface area contributed by atoms with E-state index in [-0.39, 0.29) is 37.2 Å². The van der Waals surface area contributed by atoms with Gasteiger partial charge in [-0.15, -0.1) is 0 Å². The normalized spacial score (nSPS) is 14.3. The maximum atomic E-state index is 2.70. The van der Waals surface area contributed by atoms with E-state index >= 15 is 0 Å². The Kier molecular flexibility index (Phi) is 17.1. The SMILES string of the molecule is CC1=C(C)C(C)([Si](c2c(-c3ccccc3)c(C)cc(C)c2-c2ccccc2)(c2c(-c3ccccc3)c(C)cc(C)c2-c2ccccc2)c2c(-c3ccccc3)c(C)cc(C)c2-c2ccccc2)[C]([Ti+3])=C1C.[Cl-].[Cl-].[Cl-]. The standard InChI is InChI=1S/C69H63Si.3ClH.Ti/c1-45-41-46(2)61(55-31-19-12-20-32-55)66(60(45)54-29-17-11-18-30-54)70(69(10)44-51(7)52(8)53(69)9,67-62(56-33-21-13-22-34-56)47(3)42-48(4)63(67)57-35-23-14-24-36-57)68-64(58-37-25-15-26-38-58)49(5)43-50(6)65(68)59-39-27-16-28-40-59;;;;/h11-43H,1-10H3;3*1H;/q;;;;+3/p-3. The number of allylic oxidation sites excluding steroid dienone is 4. The molecule has 1 unspecified atom stereocenters. The molecule has 10 rings (SSSR count). The molecule has 0 saturated heterocycles. The van der Waals surface area contributed by atoms with E-state index in [9.17, 15) is 0 Å². The number of hydrogen-bond acceptors (Lipinski definition) is 0. The number of benzene rings is 9. The van der Waals surface area contributed by atoms with Gasteiger partial charge in [-0.3, -0.25) is 0 Å². The average Bonchev–Trinajstić information content (AvgIpc) is 3.53. The van der Waals surface area contributed by atoms with E-state index in [1.54, 1.807) is 0 Å². The summed E-state index contributed by atoms with van der Waals surface area (Å²) in [6.45, 7) is 24.4. The van der Waals surface area contributed by atoms with Crippen LogP contribution in [-0.2, 0) is 20.4 Å². The van der Waals surface area contributed by atoms with E-state index in [0.717, 1.165) is 0 Å². The minimum absolute atomic E-state index is 0. The van der Waals surface area contributed by atoms with Crippen molar-refractivity contribution in [1.29, 1.82) is 0 Å². The monoisotopic (exact) mass is 1070 g/mol. The molecule has 5 heteroatoms. The zero-order valence-electron chi connectivity index (χ0n) is 44.2. The van der Waals surface area contributed by atoms with Crippen LogP contribution in [0.1, 0.15) is 61.1 Å². The number of halogens is 3. The third kappa shape index (κ3) is 8.98. The second-order valence-electron chi connectivity index (χ2n) is 20.2. The first-order valence-electron chi connectivity index (χ1n) is 25.2. The molecule has 1 atom stereocenters. The molecule has 0 aliphatic heterocycles. The third-order valence-electron chi connectivity index (χ3n) is 16.2. The van der Waals surface area contributed by atoms with Crippen LogP contribution in [0.4, 0.5) is 0 Å². The van der Waals surface area contributed by atoms with Crippen LogP contribution in [0, 0.1) is 41.5 Å². The Labute approximate surface area is 472 Å². The summed E-state index contributed by atoms with van der Waals surface area (Å²) in [5, 5.41) is 3.86. The van der Waals surface area contributed by atoms with Crippen molar-refractivity contribution in [2.75, 3.05) is 0 Å². The van der Waals surface area contributed by atoms with Gasteiger partial charge in [-0.25, -0.2) is 0 Å². The average molecular weight is 1070 g/mol. The Morgan fingerprint density at radius 1 is 0.297 bits per heavy atom. The first-order valence-corrected chi connectivity index (χ1v) is 28.0. The zero-order valence-corrected chi connectivity index (χ0v) is 49.0. The van der Waals surface area contributed by atoms with Crippen LogP contribution >= 0.6 is 0 Å². The van der Waals surface area contributed by atoms with Crippen LogP contribution in [0.25, 0.3) is 66.8 Å². The molecular formula is C69H63Cl3SiTi. The largest absolute Gasteiger partial charge is 1.00 e. The molecule has 0 bridgehead atoms. The predicted molar refractivity (Wildman–Crippen MR) is 304 cm³/mol. The van der Waals surface area contributed by atoms with Gasteiger partial charge in [0.1, 0.15) is 0 Å². The van der Waals surface area contributed by atoms with Gasteiger partial charge in [-0.1, -0.05) is 0 Å². The Hall–Kier alpha value is -5.74. The van der Waals surface area contributed by atoms with Gasteiger partial charge in [-0.2, -0.15) is 0 Å². The van der Waals surface area contributed by atoms with Crippen molar-refractivity contribution in [2.45, 2.75) is 74.3 Å². The van der Waals surface area contributed by atoms with Crippen LogP contribution in [0.5, 0.6) is 0 Å². The van der Waals surface area contributed by atoms with E-state index in [1.165, 1.54) is 136 Å². The molecule has 0 radical (unpaired) electrons. The molecule has 9 aromatic carbocycles. The smallest absolute Gasteiger partial charge is 1.00 e. The fourth-order valence-corrected chi connectivity index (χ4v) is 22.3. The van der Waals surface area contributed by atoms with Crippen molar-refractivity contribution < 1.29 is 57.7 Å². The fraction of sp³-hybridized carbons (Fsp3) is 0.159. The molecule has 0 saturated carbocycles. The molecule has 0 heterocycles. The third-order valence-corrected chi connectivity index (χ3v) is 23.8. The maximum absolute atomic E-state index is 3.99. The molecular weight excluding hydrogens is 1010 g/mol. The Morgan fingerprint density at radius 3 is 0.649 bits per heavy atom. The molecule has 9 aromatic rings. The molecule has 0 spiro atoms. The van der Waals surface area contributed by atoms with Crippen molar-refractivity contribution >= 4 is 23.6 Å². The van der Waals surface area contributed by atoms with Gasteiger partial charge in [0.15, 0.2) is 0 Å². The van der Waals surface area contributed by atoms with Crippen molar-refractivity contribution in [1.82, 2.24) is 0 Å². The molecule has 0 aromatic heterocycles. The van der Waals surface area contributed by atoms with Gasteiger partial charge >= 0.3 is 439 Å². The van der Waals surface area contributed by atoms with Gasteiger partial charge in [0.25, 0.3) is 0 Å². The first kappa shape index (κ1) is 56.0. The molecule has 0 fully saturated rings. The van der Waals surface area contributed by atoms with E-state index in [1.807, 2.05) is 0 Å². The van der Waals surface area contributed by atoms with E-state index < -0.39 is 13.1 Å². The van der Waals surface area contributed by atoms with Gasteiger partial charge in [-0.05, 0) is 0 Å². The number of rotatable bonds is 10. The summed E-state index contributed by atoms with van der Waals surface area (Å²) in [5.74, 6) is 0. The summed E-state index contributed by atoms with van der Waals surface area (Å²) in [4.78, 5) is 0. The number of aryl methyl sites for hydroxylation is 6. The summed E-state index contributed by atoms with van der Waals surface area (Å²) in [7, 11) is -3.99. The minimum atomic E-state index is -3.99. The second kappa shape index (κ2) is 22.6. The van der Waals surface area contributed by atoms with Crippen LogP contribution in [0.3, 0.4) is 0 Å². The first-order chi connectivity index (χ1) is 34.3. The summed E-state index contributed by atoms with van der Waals surface area (Å²) in [6.07, 6.45) is 0. The van der Waals surface area contributed by atoms with Gasteiger partial charge in [0, 0.05) is 0 Å². The van der Waals surface area contributed by atoms with Crippen LogP contribution in [-0.4, -0.2) is 8.07 Å². The molecule has 1 aliphatic carbocycles. The summed E-state index contributed by atoms with van der Waals surface area (Å²) < 4.78 is 1.45. The second-order valence-corrected chi connectivity index (χ2v) is 25.0. The molecule has 0 amide bonds. The Bertz CT molecular complexity index is 3000. The molecule has 368 valence electrons. The van der Waals surface area contributed by atoms with E-state index in [0.29, 0.717) is 0 Å². The Morgan fingerprint density at radius 2 is 0.486 bits per heavy atom. The fourth-order valence-electron chi connectivity index (χ4n) is 13.0. The van der Waals surface area contributed by atoms with Gasteiger partial charge < -0.3 is 37.2 Å². The Balaban J connectivity index is 0.00000267. The van der Waals surface area contributed by atoms with Crippen LogP contribution in [0.2, 0.25) is 5.04 Å². The van der Waals surface area contributed by atoms with Crippen molar-refractivity contribution in [3.05, 3.63) is 254 Å². The van der Waals surface area contributed by atoms with Crippen LogP contribution < -0.4 is 52.8 Å². The molecule has 0 N–H and O–H groups in total. The summed E-state index contributed by atoms with van der Waals surface area (Å²) >= 11 is 2.50. The van der Waals surface area contributed by atoms with Crippen molar-refractivity contribution in [3.63, 3.8) is 0 Å². The topological polar surface area (TPSA) is 0 Å². The van der Waals surface area contributed by atoms with Crippen molar-refractivity contribution in [2.24, 2.45) is 0 Å². The van der Waals surface area contributed by atoms with Crippen molar-refractivity contribution in [3.8, 4) is 66.8 Å². The quantitative estimate of drug-likeness (QED) is 0.0965. The van der Waals surface area contributed by atoms with E-state index in [2.05, 4.69) is 290 Å². The molecule has 0 nitrogen and oxygen atoms in total. The summed E-state index contributed by atoms with van der Waals surface area (Å²) in [6, 6.07) is 76.0. The molecule has 74 heavy (non-hydrogen) atoms. The van der Waals surface area contributed by atoms with E-state index in [4.69, 9.17) is 0 Å². The summed E-state index contributed by atoms with van der Waals surface area (Å²) in [5.41, 5.74) is 27.4. The van der Waals surface area contributed by atoms with Crippen LogP contribution in [0.15, 0.2) is 221 Å². The maximum Gasteiger partial charge on any atom is -1.00 e. The predicted octanol–water partition coefficient (Wildman–Crippen LogP) is 7.95. The number of hydrogen-bond donors (Lipinski definition) is 0. The van der Waals surface area contributed by atoms with Gasteiger partial charge in [0.05, 0.1) is 0 Å². The zero-order chi connectivity index (χ0) is 49.8.